The molecular formula is C48H54Cl2O4P2. The van der Waals surface area contributed by atoms with Crippen molar-refractivity contribution in [3.05, 3.63) is 129 Å². The van der Waals surface area contributed by atoms with Crippen LogP contribution in [0.5, 0.6) is 23.0 Å². The molecule has 2 atom stereocenters. The summed E-state index contributed by atoms with van der Waals surface area (Å²) in [4.78, 5) is 0. The fraction of sp³-hybridized carbons (Fsp3) is 0.333. The highest BCUT2D eigenvalue weighted by Gasteiger charge is 2.37. The van der Waals surface area contributed by atoms with Crippen molar-refractivity contribution in [3.63, 3.8) is 0 Å². The van der Waals surface area contributed by atoms with Crippen LogP contribution < -0.4 is 18.1 Å². The van der Waals surface area contributed by atoms with Crippen molar-refractivity contribution < 1.29 is 18.1 Å². The maximum atomic E-state index is 7.74. The smallest absolute Gasteiger partial charge is 0.275 e. The minimum Gasteiger partial charge on any atom is -0.440 e. The highest BCUT2D eigenvalue weighted by Crippen LogP contribution is 2.57. The Labute approximate surface area is 347 Å². The molecule has 8 heteroatoms. The molecule has 0 aliphatic carbocycles. The van der Waals surface area contributed by atoms with Crippen LogP contribution in [0.15, 0.2) is 97.1 Å². The van der Waals surface area contributed by atoms with Crippen molar-refractivity contribution in [2.45, 2.75) is 105 Å². The molecule has 56 heavy (non-hydrogen) atoms. The predicted octanol–water partition coefficient (Wildman–Crippen LogP) is 16.1. The van der Waals surface area contributed by atoms with Gasteiger partial charge in [0.25, 0.3) is 18.1 Å². The van der Waals surface area contributed by atoms with Crippen molar-refractivity contribution in [1.82, 2.24) is 0 Å². The molecule has 0 saturated carbocycles. The number of fused-ring (bicyclic) bond motifs is 2. The van der Waals surface area contributed by atoms with Gasteiger partial charge in [-0.05, 0) is 67.8 Å². The molecule has 6 aromatic rings. The van der Waals surface area contributed by atoms with Crippen LogP contribution in [0.4, 0.5) is 0 Å². The molecule has 0 bridgehead atoms. The second-order valence-electron chi connectivity index (χ2n) is 18.5. The maximum Gasteiger partial charge on any atom is 0.275 e. The van der Waals surface area contributed by atoms with E-state index in [0.29, 0.717) is 32.7 Å². The van der Waals surface area contributed by atoms with Crippen molar-refractivity contribution in [3.8, 4) is 34.1 Å². The lowest BCUT2D eigenvalue weighted by Crippen LogP contribution is -2.20. The average Bonchev–Trinajstić information content (AvgIpc) is 3.10. The monoisotopic (exact) mass is 826 g/mol. The zero-order chi connectivity index (χ0) is 40.8. The zero-order valence-electron chi connectivity index (χ0n) is 34.6. The third-order valence-electron chi connectivity index (χ3n) is 10.0. The molecule has 0 aromatic heterocycles. The molecule has 294 valence electrons. The van der Waals surface area contributed by atoms with E-state index in [9.17, 15) is 0 Å². The van der Waals surface area contributed by atoms with Crippen LogP contribution in [0.1, 0.15) is 105 Å². The minimum atomic E-state index is -0.380. The highest BCUT2D eigenvalue weighted by atomic mass is 35.5. The molecule has 6 rings (SSSR count). The third kappa shape index (κ3) is 8.80. The Balaban J connectivity index is 1.60. The Kier molecular flexibility index (Phi) is 12.0. The fourth-order valence-corrected chi connectivity index (χ4v) is 9.18. The summed E-state index contributed by atoms with van der Waals surface area (Å²) < 4.78 is 26.8. The molecule has 0 aliphatic heterocycles. The van der Waals surface area contributed by atoms with Crippen LogP contribution >= 0.6 is 41.3 Å². The van der Waals surface area contributed by atoms with Crippen LogP contribution in [-0.2, 0) is 21.7 Å². The van der Waals surface area contributed by atoms with Gasteiger partial charge < -0.3 is 18.1 Å². The molecule has 0 heterocycles. The average molecular weight is 828 g/mol. The summed E-state index contributed by atoms with van der Waals surface area (Å²) in [5, 5.41) is 5.34. The van der Waals surface area contributed by atoms with E-state index in [2.05, 4.69) is 132 Å². The summed E-state index contributed by atoms with van der Waals surface area (Å²) in [5.41, 5.74) is 4.01. The van der Waals surface area contributed by atoms with Gasteiger partial charge in [0, 0.05) is 33.0 Å². The van der Waals surface area contributed by atoms with Crippen LogP contribution in [0.2, 0.25) is 10.0 Å². The van der Waals surface area contributed by atoms with Gasteiger partial charge in [-0.2, -0.15) is 0 Å². The van der Waals surface area contributed by atoms with Crippen molar-refractivity contribution in [2.24, 2.45) is 0 Å². The molecule has 0 spiro atoms. The van der Waals surface area contributed by atoms with Gasteiger partial charge in [-0.25, -0.2) is 0 Å². The van der Waals surface area contributed by atoms with Gasteiger partial charge in [0.05, 0.1) is 10.0 Å². The van der Waals surface area contributed by atoms with Crippen molar-refractivity contribution >= 4 is 62.8 Å². The Morgan fingerprint density at radius 3 is 1.05 bits per heavy atom. The number of hydrogen-bond donors (Lipinski definition) is 0. The van der Waals surface area contributed by atoms with E-state index in [4.69, 9.17) is 41.3 Å². The SMILES string of the molecule is CC(C)(C)c1cc(C(C)(C)C)c(OPOc2cccc3ccccc23)c(-c2c(Cl)c(C(C)(C)C)cc(C(C)(C)C)c2OPOc2cccc3ccccc23)c1Cl. The molecule has 6 aromatic carbocycles. The lowest BCUT2D eigenvalue weighted by atomic mass is 9.75. The summed E-state index contributed by atoms with van der Waals surface area (Å²) in [5.74, 6) is 2.72. The van der Waals surface area contributed by atoms with E-state index < -0.39 is 0 Å². The topological polar surface area (TPSA) is 36.9 Å². The highest BCUT2D eigenvalue weighted by molar-refractivity contribution is 7.27. The molecule has 0 aliphatic rings. The number of hydrogen-bond acceptors (Lipinski definition) is 4. The molecule has 0 N–H and O–H groups in total. The predicted molar refractivity (Wildman–Crippen MR) is 244 cm³/mol. The van der Waals surface area contributed by atoms with E-state index in [1.165, 1.54) is 0 Å². The molecule has 0 amide bonds. The lowest BCUT2D eigenvalue weighted by Gasteiger charge is -2.34. The van der Waals surface area contributed by atoms with Gasteiger partial charge in [0.15, 0.2) is 0 Å². The minimum absolute atomic E-state index is 0.312. The largest absolute Gasteiger partial charge is 0.440 e. The van der Waals surface area contributed by atoms with E-state index in [1.54, 1.807) is 0 Å². The number of rotatable bonds is 9. The van der Waals surface area contributed by atoms with Gasteiger partial charge in [0.2, 0.25) is 0 Å². The standard InChI is InChI=1S/C48H54Cl2O4P2/c1-45(2,3)33-27-35(47(7,8)9)43(53-55-51-37-25-17-21-29-19-13-15-23-31(29)37)39(41(33)49)40-42(50)34(46(4,5)6)28-36(48(10,11)12)44(40)54-56-52-38-26-18-22-30-20-14-16-24-32(30)38/h13-28,55-56H,1-12H3. The first-order valence-corrected chi connectivity index (χ1v) is 21.4. The lowest BCUT2D eigenvalue weighted by molar-refractivity contribution is 0.487. The van der Waals surface area contributed by atoms with E-state index in [0.717, 1.165) is 55.3 Å². The fourth-order valence-electron chi connectivity index (χ4n) is 6.93. The summed E-state index contributed by atoms with van der Waals surface area (Å²) in [6.45, 7) is 26.2. The van der Waals surface area contributed by atoms with Gasteiger partial charge in [-0.15, -0.1) is 0 Å². The second kappa shape index (κ2) is 16.0. The number of benzene rings is 6. The van der Waals surface area contributed by atoms with Gasteiger partial charge in [-0.3, -0.25) is 0 Å². The third-order valence-corrected chi connectivity index (χ3v) is 12.0. The Bertz CT molecular complexity index is 2220. The molecule has 0 radical (unpaired) electrons. The van der Waals surface area contributed by atoms with E-state index in [-0.39, 0.29) is 39.7 Å². The Morgan fingerprint density at radius 1 is 0.393 bits per heavy atom. The van der Waals surface area contributed by atoms with Crippen molar-refractivity contribution in [1.29, 1.82) is 0 Å². The molecule has 0 fully saturated rings. The first-order chi connectivity index (χ1) is 26.2. The van der Waals surface area contributed by atoms with Crippen LogP contribution in [0.3, 0.4) is 0 Å². The summed E-state index contributed by atoms with van der Waals surface area (Å²) in [6.07, 6.45) is 0. The Morgan fingerprint density at radius 2 is 0.714 bits per heavy atom. The van der Waals surface area contributed by atoms with Crippen LogP contribution in [0, 0.1) is 0 Å². The van der Waals surface area contributed by atoms with Gasteiger partial charge in [0.1, 0.15) is 23.0 Å². The van der Waals surface area contributed by atoms with Gasteiger partial charge in [-0.1, -0.05) is 179 Å². The molecule has 2 unspecified atom stereocenters. The molecule has 4 nitrogen and oxygen atoms in total. The van der Waals surface area contributed by atoms with Crippen LogP contribution in [-0.4, -0.2) is 0 Å². The maximum absolute atomic E-state index is 7.74. The van der Waals surface area contributed by atoms with Gasteiger partial charge >= 0.3 is 0 Å². The zero-order valence-corrected chi connectivity index (χ0v) is 38.1. The van der Waals surface area contributed by atoms with Crippen LogP contribution in [0.25, 0.3) is 32.7 Å². The first kappa shape index (κ1) is 42.1. The van der Waals surface area contributed by atoms with E-state index >= 15 is 0 Å². The summed E-state index contributed by atoms with van der Waals surface area (Å²) in [6, 6.07) is 32.9. The number of halogens is 2. The summed E-state index contributed by atoms with van der Waals surface area (Å²) >= 11 is 15.5. The Hall–Kier alpha value is -3.52. The molecule has 0 saturated heterocycles. The summed E-state index contributed by atoms with van der Waals surface area (Å²) in [7, 11) is -0.759. The molecular weight excluding hydrogens is 773 g/mol. The normalized spacial score (nSPS) is 13.0. The second-order valence-corrected chi connectivity index (χ2v) is 20.4. The first-order valence-electron chi connectivity index (χ1n) is 19.1. The quantitative estimate of drug-likeness (QED) is 0.136. The van der Waals surface area contributed by atoms with Crippen molar-refractivity contribution in [2.75, 3.05) is 0 Å². The van der Waals surface area contributed by atoms with E-state index in [1.807, 2.05) is 48.5 Å².